The molecule has 0 aromatic carbocycles. The van der Waals surface area contributed by atoms with Crippen LogP contribution >= 0.6 is 0 Å². The molecule has 122 valence electrons. The summed E-state index contributed by atoms with van der Waals surface area (Å²) in [4.78, 5) is 14.4. The van der Waals surface area contributed by atoms with Crippen molar-refractivity contribution >= 4 is 5.91 Å². The molecule has 0 aromatic heterocycles. The van der Waals surface area contributed by atoms with Gasteiger partial charge in [-0.15, -0.1) is 0 Å². The zero-order valence-electron chi connectivity index (χ0n) is 13.9. The number of carbonyl (C=O) groups is 1. The Morgan fingerprint density at radius 2 is 2.14 bits per heavy atom. The first-order valence-electron chi connectivity index (χ1n) is 8.66. The average Bonchev–Trinajstić information content (AvgIpc) is 2.95. The summed E-state index contributed by atoms with van der Waals surface area (Å²) in [6.07, 6.45) is 4.46. The van der Waals surface area contributed by atoms with Gasteiger partial charge in [0.25, 0.3) is 0 Å². The number of ether oxygens (including phenoxy) is 1. The normalized spacial score (nSPS) is 28.1. The van der Waals surface area contributed by atoms with Crippen LogP contribution in [0.3, 0.4) is 0 Å². The molecule has 2 rings (SSSR count). The van der Waals surface area contributed by atoms with Crippen LogP contribution in [0.4, 0.5) is 0 Å². The molecule has 2 saturated heterocycles. The van der Waals surface area contributed by atoms with Crippen molar-refractivity contribution in [1.82, 2.24) is 10.2 Å². The van der Waals surface area contributed by atoms with Gasteiger partial charge in [-0.25, -0.2) is 0 Å². The molecule has 2 heterocycles. The molecule has 1 N–H and O–H groups in total. The van der Waals surface area contributed by atoms with E-state index in [1.54, 1.807) is 0 Å². The summed E-state index contributed by atoms with van der Waals surface area (Å²) in [7, 11) is 0. The van der Waals surface area contributed by atoms with Gasteiger partial charge in [0, 0.05) is 26.1 Å². The minimum atomic E-state index is 0.253. The Morgan fingerprint density at radius 1 is 1.33 bits per heavy atom. The predicted octanol–water partition coefficient (Wildman–Crippen LogP) is 2.29. The van der Waals surface area contributed by atoms with Crippen molar-refractivity contribution in [3.05, 3.63) is 0 Å². The maximum absolute atomic E-state index is 12.4. The number of likely N-dealkylation sites (tertiary alicyclic amines) is 1. The molecule has 21 heavy (non-hydrogen) atoms. The van der Waals surface area contributed by atoms with Gasteiger partial charge < -0.3 is 15.0 Å². The van der Waals surface area contributed by atoms with Crippen molar-refractivity contribution in [2.24, 2.45) is 17.8 Å². The van der Waals surface area contributed by atoms with Crippen LogP contribution in [0, 0.1) is 17.8 Å². The Hall–Kier alpha value is -0.610. The summed E-state index contributed by atoms with van der Waals surface area (Å²) in [6, 6.07) is 0. The van der Waals surface area contributed by atoms with Crippen LogP contribution in [0.1, 0.15) is 46.5 Å². The van der Waals surface area contributed by atoms with E-state index in [2.05, 4.69) is 26.1 Å². The molecule has 0 saturated carbocycles. The summed E-state index contributed by atoms with van der Waals surface area (Å²) in [6.45, 7) is 11.2. The van der Waals surface area contributed by atoms with Crippen molar-refractivity contribution in [3.63, 3.8) is 0 Å². The minimum absolute atomic E-state index is 0.253. The molecule has 2 fully saturated rings. The minimum Gasteiger partial charge on any atom is -0.376 e. The standard InChI is InChI=1S/C17H32N2O2/c1-13(2)12-21-16-6-8-19(11-16)17(20)9-14(3)15-5-4-7-18-10-15/h13-16,18H,4-12H2,1-3H3. The smallest absolute Gasteiger partial charge is 0.222 e. The number of rotatable bonds is 6. The van der Waals surface area contributed by atoms with Crippen molar-refractivity contribution in [1.29, 1.82) is 0 Å². The van der Waals surface area contributed by atoms with Gasteiger partial charge in [0.1, 0.15) is 0 Å². The van der Waals surface area contributed by atoms with Crippen LogP contribution in [0.2, 0.25) is 0 Å². The molecular weight excluding hydrogens is 264 g/mol. The van der Waals surface area contributed by atoms with Crippen LogP contribution < -0.4 is 5.32 Å². The largest absolute Gasteiger partial charge is 0.376 e. The van der Waals surface area contributed by atoms with E-state index in [4.69, 9.17) is 4.74 Å². The molecule has 0 aliphatic carbocycles. The van der Waals surface area contributed by atoms with Crippen molar-refractivity contribution in [2.45, 2.75) is 52.6 Å². The Morgan fingerprint density at radius 3 is 2.81 bits per heavy atom. The molecule has 0 bridgehead atoms. The highest BCUT2D eigenvalue weighted by atomic mass is 16.5. The van der Waals surface area contributed by atoms with E-state index in [1.807, 2.05) is 4.90 Å². The van der Waals surface area contributed by atoms with Crippen LogP contribution in [0.25, 0.3) is 0 Å². The fourth-order valence-electron chi connectivity index (χ4n) is 3.35. The number of hydrogen-bond donors (Lipinski definition) is 1. The quantitative estimate of drug-likeness (QED) is 0.817. The highest BCUT2D eigenvalue weighted by Gasteiger charge is 2.29. The van der Waals surface area contributed by atoms with Gasteiger partial charge >= 0.3 is 0 Å². The Bertz CT molecular complexity index is 327. The monoisotopic (exact) mass is 296 g/mol. The summed E-state index contributed by atoms with van der Waals surface area (Å²) in [5.41, 5.74) is 0. The molecule has 2 aliphatic heterocycles. The molecule has 2 aliphatic rings. The van der Waals surface area contributed by atoms with Crippen LogP contribution in [-0.4, -0.2) is 49.7 Å². The molecule has 3 unspecified atom stereocenters. The SMILES string of the molecule is CC(C)COC1CCN(C(=O)CC(C)C2CCCNC2)C1. The van der Waals surface area contributed by atoms with Gasteiger partial charge in [-0.05, 0) is 50.1 Å². The topological polar surface area (TPSA) is 41.6 Å². The van der Waals surface area contributed by atoms with E-state index < -0.39 is 0 Å². The van der Waals surface area contributed by atoms with E-state index in [9.17, 15) is 4.79 Å². The second-order valence-electron chi connectivity index (χ2n) is 7.27. The third-order valence-electron chi connectivity index (χ3n) is 4.80. The zero-order chi connectivity index (χ0) is 15.2. The molecule has 4 nitrogen and oxygen atoms in total. The number of piperidine rings is 1. The predicted molar refractivity (Wildman–Crippen MR) is 85.1 cm³/mol. The van der Waals surface area contributed by atoms with Crippen LogP contribution in [0.5, 0.6) is 0 Å². The second-order valence-corrected chi connectivity index (χ2v) is 7.27. The third-order valence-corrected chi connectivity index (χ3v) is 4.80. The first kappa shape index (κ1) is 16.8. The fraction of sp³-hybridized carbons (Fsp3) is 0.941. The van der Waals surface area contributed by atoms with Gasteiger partial charge in [0.2, 0.25) is 5.91 Å². The molecule has 0 spiro atoms. The van der Waals surface area contributed by atoms with Gasteiger partial charge in [-0.1, -0.05) is 20.8 Å². The molecule has 0 aromatic rings. The molecule has 3 atom stereocenters. The van der Waals surface area contributed by atoms with Crippen molar-refractivity contribution in [2.75, 3.05) is 32.8 Å². The first-order valence-corrected chi connectivity index (χ1v) is 8.66. The first-order chi connectivity index (χ1) is 10.1. The van der Waals surface area contributed by atoms with Crippen LogP contribution in [0.15, 0.2) is 0 Å². The summed E-state index contributed by atoms with van der Waals surface area (Å²) >= 11 is 0. The highest BCUT2D eigenvalue weighted by Crippen LogP contribution is 2.24. The lowest BCUT2D eigenvalue weighted by atomic mass is 9.85. The maximum atomic E-state index is 12.4. The van der Waals surface area contributed by atoms with E-state index in [1.165, 1.54) is 12.8 Å². The Labute approximate surface area is 129 Å². The highest BCUT2D eigenvalue weighted by molar-refractivity contribution is 5.76. The van der Waals surface area contributed by atoms with E-state index in [-0.39, 0.29) is 6.10 Å². The lowest BCUT2D eigenvalue weighted by Crippen LogP contribution is -2.37. The van der Waals surface area contributed by atoms with E-state index in [0.29, 0.717) is 30.1 Å². The lowest BCUT2D eigenvalue weighted by Gasteiger charge is -2.29. The summed E-state index contributed by atoms with van der Waals surface area (Å²) < 4.78 is 5.86. The second kappa shape index (κ2) is 8.14. The number of hydrogen-bond acceptors (Lipinski definition) is 3. The zero-order valence-corrected chi connectivity index (χ0v) is 13.9. The van der Waals surface area contributed by atoms with Gasteiger partial charge in [-0.3, -0.25) is 4.79 Å². The Kier molecular flexibility index (Phi) is 6.49. The molecule has 4 heteroatoms. The van der Waals surface area contributed by atoms with Crippen molar-refractivity contribution in [3.8, 4) is 0 Å². The molecule has 0 radical (unpaired) electrons. The molecule has 1 amide bonds. The average molecular weight is 296 g/mol. The fourth-order valence-corrected chi connectivity index (χ4v) is 3.35. The number of nitrogens with one attached hydrogen (secondary N) is 1. The molecular formula is C17H32N2O2. The third kappa shape index (κ3) is 5.26. The van der Waals surface area contributed by atoms with Crippen LogP contribution in [-0.2, 0) is 9.53 Å². The van der Waals surface area contributed by atoms with Gasteiger partial charge in [-0.2, -0.15) is 0 Å². The van der Waals surface area contributed by atoms with Crippen molar-refractivity contribution < 1.29 is 9.53 Å². The van der Waals surface area contributed by atoms with E-state index >= 15 is 0 Å². The summed E-state index contributed by atoms with van der Waals surface area (Å²) in [5, 5.41) is 3.45. The lowest BCUT2D eigenvalue weighted by molar-refractivity contribution is -0.132. The number of carbonyl (C=O) groups excluding carboxylic acids is 1. The Balaban J connectivity index is 1.71. The van der Waals surface area contributed by atoms with Gasteiger partial charge in [0.15, 0.2) is 0 Å². The number of nitrogens with zero attached hydrogens (tertiary/aromatic N) is 1. The van der Waals surface area contributed by atoms with Gasteiger partial charge in [0.05, 0.1) is 6.10 Å². The number of amides is 1. The van der Waals surface area contributed by atoms with E-state index in [0.717, 1.165) is 39.2 Å². The maximum Gasteiger partial charge on any atom is 0.222 e. The summed E-state index contributed by atoms with van der Waals surface area (Å²) in [5.74, 6) is 2.04.